The van der Waals surface area contributed by atoms with E-state index >= 15 is 0 Å². The molecule has 1 aliphatic rings. The number of rotatable bonds is 11. The Morgan fingerprint density at radius 2 is 1.90 bits per heavy atom. The standard InChI is InChI=1S/C22H34F2N2O4/c1-14(27)26-18(9-15-7-16(23)10-17(24)8-15)19(28)12-25-22(11-20(22)29)13-30-6-5-21(2,3)4/h7-8,10,18-20,25,28-29H,5-6,9,11-13H2,1-4H3,(H,26,27). The van der Waals surface area contributed by atoms with Gasteiger partial charge in [-0.25, -0.2) is 8.78 Å². The molecule has 0 radical (unpaired) electrons. The molecule has 0 bridgehead atoms. The van der Waals surface area contributed by atoms with Gasteiger partial charge in [0.05, 0.1) is 30.4 Å². The number of β-amino-alcohol motifs (C(OH)–C–C–N with tert-alkyl or cyclic N) is 1. The van der Waals surface area contributed by atoms with Crippen molar-refractivity contribution in [2.45, 2.75) is 70.7 Å². The van der Waals surface area contributed by atoms with E-state index in [0.29, 0.717) is 25.2 Å². The van der Waals surface area contributed by atoms with Gasteiger partial charge in [0.25, 0.3) is 0 Å². The number of nitrogens with one attached hydrogen (secondary N) is 2. The van der Waals surface area contributed by atoms with Gasteiger partial charge in [-0.1, -0.05) is 20.8 Å². The van der Waals surface area contributed by atoms with E-state index in [2.05, 4.69) is 31.4 Å². The zero-order valence-corrected chi connectivity index (χ0v) is 18.2. The zero-order valence-electron chi connectivity index (χ0n) is 18.2. The molecule has 0 spiro atoms. The maximum atomic E-state index is 13.5. The molecule has 0 saturated heterocycles. The van der Waals surface area contributed by atoms with Gasteiger partial charge in [0, 0.05) is 26.1 Å². The van der Waals surface area contributed by atoms with E-state index in [0.717, 1.165) is 12.5 Å². The summed E-state index contributed by atoms with van der Waals surface area (Å²) in [5.41, 5.74) is -0.136. The molecule has 2 rings (SSSR count). The van der Waals surface area contributed by atoms with Crippen LogP contribution in [0.3, 0.4) is 0 Å². The molecule has 30 heavy (non-hydrogen) atoms. The van der Waals surface area contributed by atoms with E-state index in [1.165, 1.54) is 19.1 Å². The molecule has 4 N–H and O–H groups in total. The van der Waals surface area contributed by atoms with Gasteiger partial charge in [-0.05, 0) is 42.4 Å². The first-order valence-electron chi connectivity index (χ1n) is 10.3. The van der Waals surface area contributed by atoms with Crippen molar-refractivity contribution in [2.24, 2.45) is 5.41 Å². The Morgan fingerprint density at radius 3 is 2.40 bits per heavy atom. The Labute approximate surface area is 177 Å². The molecule has 0 aliphatic heterocycles. The van der Waals surface area contributed by atoms with Crippen molar-refractivity contribution < 1.29 is 28.5 Å². The first-order chi connectivity index (χ1) is 13.9. The predicted octanol–water partition coefficient (Wildman–Crippen LogP) is 1.92. The second kappa shape index (κ2) is 10.1. The fraction of sp³-hybridized carbons (Fsp3) is 0.682. The Morgan fingerprint density at radius 1 is 1.30 bits per heavy atom. The number of hydrogen-bond acceptors (Lipinski definition) is 5. The summed E-state index contributed by atoms with van der Waals surface area (Å²) in [6.07, 6.45) is -0.143. The lowest BCUT2D eigenvalue weighted by Crippen LogP contribution is -2.51. The van der Waals surface area contributed by atoms with Crippen molar-refractivity contribution >= 4 is 5.91 Å². The van der Waals surface area contributed by atoms with E-state index in [-0.39, 0.29) is 24.3 Å². The van der Waals surface area contributed by atoms with Crippen LogP contribution in [0.15, 0.2) is 18.2 Å². The minimum atomic E-state index is -1.03. The molecule has 0 heterocycles. The average molecular weight is 429 g/mol. The van der Waals surface area contributed by atoms with Crippen molar-refractivity contribution in [1.29, 1.82) is 0 Å². The topological polar surface area (TPSA) is 90.8 Å². The van der Waals surface area contributed by atoms with E-state index in [9.17, 15) is 23.8 Å². The van der Waals surface area contributed by atoms with Gasteiger partial charge in [-0.15, -0.1) is 0 Å². The molecule has 1 aromatic rings. The zero-order chi connectivity index (χ0) is 22.5. The van der Waals surface area contributed by atoms with Gasteiger partial charge in [0.2, 0.25) is 5.91 Å². The third-order valence-electron chi connectivity index (χ3n) is 5.29. The van der Waals surface area contributed by atoms with Gasteiger partial charge in [0.1, 0.15) is 11.6 Å². The van der Waals surface area contributed by atoms with Crippen molar-refractivity contribution in [2.75, 3.05) is 19.8 Å². The molecule has 6 nitrogen and oxygen atoms in total. The number of carbonyl (C=O) groups is 1. The number of aliphatic hydroxyl groups excluding tert-OH is 2. The van der Waals surface area contributed by atoms with Crippen molar-refractivity contribution in [3.63, 3.8) is 0 Å². The molecule has 1 saturated carbocycles. The first kappa shape index (κ1) is 24.7. The van der Waals surface area contributed by atoms with Crippen LogP contribution in [0, 0.1) is 17.0 Å². The lowest BCUT2D eigenvalue weighted by atomic mass is 9.93. The predicted molar refractivity (Wildman–Crippen MR) is 110 cm³/mol. The lowest BCUT2D eigenvalue weighted by Gasteiger charge is -2.27. The summed E-state index contributed by atoms with van der Waals surface area (Å²) in [6, 6.07) is 2.37. The van der Waals surface area contributed by atoms with Gasteiger partial charge in [0.15, 0.2) is 0 Å². The molecule has 1 aromatic carbocycles. The second-order valence-electron chi connectivity index (χ2n) is 9.48. The summed E-state index contributed by atoms with van der Waals surface area (Å²) in [7, 11) is 0. The van der Waals surface area contributed by atoms with Crippen LogP contribution in [-0.2, 0) is 16.0 Å². The number of benzene rings is 1. The largest absolute Gasteiger partial charge is 0.391 e. The van der Waals surface area contributed by atoms with Crippen LogP contribution < -0.4 is 10.6 Å². The smallest absolute Gasteiger partial charge is 0.217 e. The second-order valence-corrected chi connectivity index (χ2v) is 9.48. The minimum absolute atomic E-state index is 0.0642. The molecular formula is C22H34F2N2O4. The Bertz CT molecular complexity index is 705. The van der Waals surface area contributed by atoms with Crippen molar-refractivity contribution in [3.05, 3.63) is 35.4 Å². The van der Waals surface area contributed by atoms with Gasteiger partial charge in [-0.3, -0.25) is 4.79 Å². The molecule has 4 atom stereocenters. The summed E-state index contributed by atoms with van der Waals surface area (Å²) in [6.45, 7) is 8.66. The molecule has 8 heteroatoms. The highest BCUT2D eigenvalue weighted by molar-refractivity contribution is 5.73. The highest BCUT2D eigenvalue weighted by Gasteiger charge is 2.53. The summed E-state index contributed by atoms with van der Waals surface area (Å²) >= 11 is 0. The number of ether oxygens (including phenoxy) is 1. The van der Waals surface area contributed by atoms with E-state index in [1.54, 1.807) is 0 Å². The van der Waals surface area contributed by atoms with Gasteiger partial charge in [-0.2, -0.15) is 0 Å². The minimum Gasteiger partial charge on any atom is -0.391 e. The normalized spacial score (nSPS) is 23.1. The van der Waals surface area contributed by atoms with Crippen LogP contribution in [0.25, 0.3) is 0 Å². The molecule has 1 aliphatic carbocycles. The van der Waals surface area contributed by atoms with E-state index < -0.39 is 35.4 Å². The molecule has 1 fully saturated rings. The monoisotopic (exact) mass is 428 g/mol. The van der Waals surface area contributed by atoms with E-state index in [4.69, 9.17) is 4.74 Å². The highest BCUT2D eigenvalue weighted by Crippen LogP contribution is 2.36. The first-order valence-corrected chi connectivity index (χ1v) is 10.3. The molecule has 4 unspecified atom stereocenters. The van der Waals surface area contributed by atoms with Crippen molar-refractivity contribution in [1.82, 2.24) is 10.6 Å². The van der Waals surface area contributed by atoms with Gasteiger partial charge < -0.3 is 25.6 Å². The molecule has 1 amide bonds. The maximum absolute atomic E-state index is 13.5. The van der Waals surface area contributed by atoms with Crippen LogP contribution in [0.4, 0.5) is 8.78 Å². The number of amides is 1. The quantitative estimate of drug-likeness (QED) is 0.404. The summed E-state index contributed by atoms with van der Waals surface area (Å²) in [4.78, 5) is 11.6. The number of carbonyl (C=O) groups excluding carboxylic acids is 1. The number of halogens is 2. The fourth-order valence-electron chi connectivity index (χ4n) is 3.29. The molecule has 0 aromatic heterocycles. The summed E-state index contributed by atoms with van der Waals surface area (Å²) in [5.74, 6) is -1.79. The fourth-order valence-corrected chi connectivity index (χ4v) is 3.29. The van der Waals surface area contributed by atoms with Crippen LogP contribution in [0.2, 0.25) is 0 Å². The van der Waals surface area contributed by atoms with E-state index in [1.807, 2.05) is 0 Å². The van der Waals surface area contributed by atoms with Crippen molar-refractivity contribution in [3.8, 4) is 0 Å². The SMILES string of the molecule is CC(=O)NC(Cc1cc(F)cc(F)c1)C(O)CNC1(COCCC(C)(C)C)CC1O. The van der Waals surface area contributed by atoms with Crippen LogP contribution in [-0.4, -0.2) is 59.7 Å². The highest BCUT2D eigenvalue weighted by atomic mass is 19.1. The Kier molecular flexibility index (Phi) is 8.33. The van der Waals surface area contributed by atoms with Crippen LogP contribution in [0.1, 0.15) is 46.1 Å². The molecular weight excluding hydrogens is 394 g/mol. The van der Waals surface area contributed by atoms with Gasteiger partial charge >= 0.3 is 0 Å². The summed E-state index contributed by atoms with van der Waals surface area (Å²) < 4.78 is 32.7. The Balaban J connectivity index is 1.92. The third-order valence-corrected chi connectivity index (χ3v) is 5.29. The number of aliphatic hydroxyl groups is 2. The van der Waals surface area contributed by atoms with Crippen LogP contribution in [0.5, 0.6) is 0 Å². The Hall–Kier alpha value is -1.61. The lowest BCUT2D eigenvalue weighted by molar-refractivity contribution is -0.120. The number of hydrogen-bond donors (Lipinski definition) is 4. The molecule has 170 valence electrons. The maximum Gasteiger partial charge on any atom is 0.217 e. The third kappa shape index (κ3) is 7.91. The average Bonchev–Trinajstić information content (AvgIpc) is 3.24. The van der Waals surface area contributed by atoms with Crippen LogP contribution >= 0.6 is 0 Å². The summed E-state index contributed by atoms with van der Waals surface area (Å²) in [5, 5.41) is 26.5.